The molecule has 15 rings (SSSR count). The van der Waals surface area contributed by atoms with Crippen molar-refractivity contribution in [2.45, 2.75) is 0 Å². The van der Waals surface area contributed by atoms with Crippen LogP contribution in [0.2, 0.25) is 0 Å². The van der Waals surface area contributed by atoms with Crippen LogP contribution in [0.3, 0.4) is 0 Å². The van der Waals surface area contributed by atoms with Crippen molar-refractivity contribution < 1.29 is 17.7 Å². The van der Waals surface area contributed by atoms with Gasteiger partial charge in [0, 0.05) is 65.3 Å². The van der Waals surface area contributed by atoms with Gasteiger partial charge in [0.15, 0.2) is 0 Å². The highest BCUT2D eigenvalue weighted by Gasteiger charge is 2.26. The van der Waals surface area contributed by atoms with E-state index >= 15 is 0 Å². The number of hydrogen-bond acceptors (Lipinski definition) is 4. The molecule has 15 aromatic rings. The molecule has 4 heteroatoms. The van der Waals surface area contributed by atoms with Crippen molar-refractivity contribution in [2.24, 2.45) is 0 Å². The molecule has 0 unspecified atom stereocenters. The van der Waals surface area contributed by atoms with Crippen molar-refractivity contribution in [3.8, 4) is 44.5 Å². The van der Waals surface area contributed by atoms with Crippen LogP contribution in [0.5, 0.6) is 0 Å². The molecule has 0 aliphatic rings. The summed E-state index contributed by atoms with van der Waals surface area (Å²) in [6, 6.07) is 72.9. The van der Waals surface area contributed by atoms with Gasteiger partial charge in [-0.3, -0.25) is 0 Å². The van der Waals surface area contributed by atoms with Crippen molar-refractivity contribution in [3.05, 3.63) is 206 Å². The Balaban J connectivity index is 1.00. The third-order valence-electron chi connectivity index (χ3n) is 13.9. The van der Waals surface area contributed by atoms with E-state index in [9.17, 15) is 0 Å². The maximum atomic E-state index is 7.04. The van der Waals surface area contributed by atoms with Crippen LogP contribution in [-0.4, -0.2) is 0 Å². The molecule has 4 nitrogen and oxygen atoms in total. The molecule has 0 bridgehead atoms. The van der Waals surface area contributed by atoms with E-state index in [-0.39, 0.29) is 0 Å². The number of rotatable bonds is 4. The van der Waals surface area contributed by atoms with E-state index in [0.717, 1.165) is 154 Å². The summed E-state index contributed by atoms with van der Waals surface area (Å²) in [5, 5.41) is 13.3. The first-order valence-electron chi connectivity index (χ1n) is 22.4. The second-order valence-corrected chi connectivity index (χ2v) is 17.4. The van der Waals surface area contributed by atoms with Crippen LogP contribution in [0.15, 0.2) is 224 Å². The van der Waals surface area contributed by atoms with Crippen LogP contribution < -0.4 is 0 Å². The minimum atomic E-state index is 0.850. The molecule has 66 heavy (non-hydrogen) atoms. The number of furan rings is 4. The van der Waals surface area contributed by atoms with Crippen LogP contribution in [0, 0.1) is 0 Å². The van der Waals surface area contributed by atoms with E-state index in [1.807, 2.05) is 30.3 Å². The minimum Gasteiger partial charge on any atom is -0.456 e. The van der Waals surface area contributed by atoms with Gasteiger partial charge in [-0.15, -0.1) is 0 Å². The van der Waals surface area contributed by atoms with Crippen LogP contribution in [0.1, 0.15) is 0 Å². The molecule has 0 N–H and O–H groups in total. The third kappa shape index (κ3) is 4.87. The van der Waals surface area contributed by atoms with Gasteiger partial charge >= 0.3 is 0 Å². The van der Waals surface area contributed by atoms with Gasteiger partial charge in [0.2, 0.25) is 0 Å². The summed E-state index contributed by atoms with van der Waals surface area (Å²) in [6.07, 6.45) is 0. The lowest BCUT2D eigenvalue weighted by Crippen LogP contribution is -1.92. The van der Waals surface area contributed by atoms with Gasteiger partial charge in [0.1, 0.15) is 44.7 Å². The first-order valence-corrected chi connectivity index (χ1v) is 22.4. The zero-order valence-electron chi connectivity index (χ0n) is 35.3. The van der Waals surface area contributed by atoms with E-state index < -0.39 is 0 Å². The smallest absolute Gasteiger partial charge is 0.143 e. The normalized spacial score (nSPS) is 12.2. The summed E-state index contributed by atoms with van der Waals surface area (Å²) in [7, 11) is 0. The monoisotopic (exact) mass is 842 g/mol. The molecule has 0 spiro atoms. The lowest BCUT2D eigenvalue weighted by molar-refractivity contribution is 0.668. The molecule has 0 aliphatic heterocycles. The highest BCUT2D eigenvalue weighted by Crippen LogP contribution is 2.52. The second kappa shape index (κ2) is 13.3. The highest BCUT2D eigenvalue weighted by molar-refractivity contribution is 6.29. The molecule has 0 radical (unpaired) electrons. The predicted molar refractivity (Wildman–Crippen MR) is 272 cm³/mol. The summed E-state index contributed by atoms with van der Waals surface area (Å²) >= 11 is 0. The highest BCUT2D eigenvalue weighted by atomic mass is 16.3. The number of fused-ring (bicyclic) bond motifs is 14. The third-order valence-corrected chi connectivity index (χ3v) is 13.9. The zero-order chi connectivity index (χ0) is 43.0. The van der Waals surface area contributed by atoms with Gasteiger partial charge in [-0.2, -0.15) is 0 Å². The van der Waals surface area contributed by atoms with Crippen molar-refractivity contribution in [2.75, 3.05) is 0 Å². The molecular weight excluding hydrogens is 809 g/mol. The van der Waals surface area contributed by atoms with Crippen molar-refractivity contribution in [3.63, 3.8) is 0 Å². The van der Waals surface area contributed by atoms with E-state index in [1.165, 1.54) is 0 Å². The maximum absolute atomic E-state index is 7.04. The van der Waals surface area contributed by atoms with Crippen molar-refractivity contribution in [1.29, 1.82) is 0 Å². The molecule has 0 atom stereocenters. The lowest BCUT2D eigenvalue weighted by Gasteiger charge is -2.19. The fraction of sp³-hybridized carbons (Fsp3) is 0. The Hall–Kier alpha value is -8.86. The first kappa shape index (κ1) is 35.6. The van der Waals surface area contributed by atoms with Gasteiger partial charge in [0.25, 0.3) is 0 Å². The Morgan fingerprint density at radius 2 is 0.591 bits per heavy atom. The molecule has 0 fully saturated rings. The fourth-order valence-corrected chi connectivity index (χ4v) is 11.1. The molecule has 0 aliphatic carbocycles. The molecular formula is C62H34O4. The zero-order valence-corrected chi connectivity index (χ0v) is 35.3. The van der Waals surface area contributed by atoms with Gasteiger partial charge < -0.3 is 17.7 Å². The van der Waals surface area contributed by atoms with Crippen LogP contribution in [-0.2, 0) is 0 Å². The van der Waals surface area contributed by atoms with Crippen LogP contribution in [0.4, 0.5) is 0 Å². The van der Waals surface area contributed by atoms with Gasteiger partial charge in [-0.1, -0.05) is 152 Å². The van der Waals surface area contributed by atoms with E-state index in [1.54, 1.807) is 0 Å². The lowest BCUT2D eigenvalue weighted by atomic mass is 9.84. The number of para-hydroxylation sites is 4. The van der Waals surface area contributed by atoms with Crippen molar-refractivity contribution >= 4 is 109 Å². The fourth-order valence-electron chi connectivity index (χ4n) is 11.1. The van der Waals surface area contributed by atoms with E-state index in [2.05, 4.69) is 176 Å². The van der Waals surface area contributed by atoms with Gasteiger partial charge in [0.05, 0.1) is 0 Å². The Morgan fingerprint density at radius 3 is 1.17 bits per heavy atom. The van der Waals surface area contributed by atoms with E-state index in [4.69, 9.17) is 17.7 Å². The quantitative estimate of drug-likeness (QED) is 0.166. The number of benzene rings is 11. The Labute approximate surface area is 376 Å². The minimum absolute atomic E-state index is 0.850. The largest absolute Gasteiger partial charge is 0.456 e. The molecule has 0 saturated heterocycles. The molecule has 0 amide bonds. The van der Waals surface area contributed by atoms with Crippen LogP contribution in [0.25, 0.3) is 154 Å². The van der Waals surface area contributed by atoms with Gasteiger partial charge in [-0.05, 0) is 98.4 Å². The Kier molecular flexibility index (Phi) is 7.19. The van der Waals surface area contributed by atoms with Gasteiger partial charge in [-0.25, -0.2) is 0 Å². The summed E-state index contributed by atoms with van der Waals surface area (Å²) in [6.45, 7) is 0. The van der Waals surface area contributed by atoms with Crippen molar-refractivity contribution in [1.82, 2.24) is 0 Å². The summed E-state index contributed by atoms with van der Waals surface area (Å²) in [5.41, 5.74) is 15.6. The second-order valence-electron chi connectivity index (χ2n) is 17.4. The summed E-state index contributed by atoms with van der Waals surface area (Å²) < 4.78 is 26.8. The standard InChI is InChI=1S/C62H34O4/c1-3-17-41-39(15-1)56(48-32-30-36(59-46-20-7-11-25-52(46)65-61(48)59)35-28-29-38-37-14-5-9-23-50(37)64-55(38)34-35)40-16-2-4-18-42(40)57(41)49-33-31-44(60-47-21-8-12-26-53(47)66-62(49)60)43-22-13-27-54-58(43)45-19-6-10-24-51(45)63-54/h1-34H. The average Bonchev–Trinajstić information content (AvgIpc) is 4.16. The maximum Gasteiger partial charge on any atom is 0.143 e. The molecule has 0 saturated carbocycles. The number of hydrogen-bond donors (Lipinski definition) is 0. The Morgan fingerprint density at radius 1 is 0.212 bits per heavy atom. The van der Waals surface area contributed by atoms with Crippen LogP contribution >= 0.6 is 0 Å². The summed E-state index contributed by atoms with van der Waals surface area (Å²) in [5.74, 6) is 0. The topological polar surface area (TPSA) is 52.6 Å². The molecule has 4 heterocycles. The molecule has 4 aromatic heterocycles. The average molecular weight is 843 g/mol. The van der Waals surface area contributed by atoms with E-state index in [0.29, 0.717) is 0 Å². The SMILES string of the molecule is c1ccc2c(c1)oc1cc(-c3ccc(-c4c5ccccc5c(-c5ccc(-c6cccc7oc8ccccc8c67)c6c5oc5ccccc56)c5ccccc45)c4oc5ccccc5c34)ccc12. The predicted octanol–water partition coefficient (Wildman–Crippen LogP) is 18.3. The first-order chi connectivity index (χ1) is 32.7. The Bertz CT molecular complexity index is 4480. The molecule has 306 valence electrons. The summed E-state index contributed by atoms with van der Waals surface area (Å²) in [4.78, 5) is 0. The molecule has 11 aromatic carbocycles.